The monoisotopic (exact) mass is 405 g/mol. The van der Waals surface area contributed by atoms with Gasteiger partial charge in [0.15, 0.2) is 0 Å². The molecule has 0 saturated heterocycles. The van der Waals surface area contributed by atoms with Gasteiger partial charge in [-0.05, 0) is 38.0 Å². The second-order valence-electron chi connectivity index (χ2n) is 6.62. The molecular formula is C18H19N3O2S3. The average molecular weight is 406 g/mol. The first-order valence-electron chi connectivity index (χ1n) is 8.29. The van der Waals surface area contributed by atoms with Crippen LogP contribution in [0.25, 0.3) is 11.3 Å². The molecule has 3 aromatic rings. The van der Waals surface area contributed by atoms with Crippen molar-refractivity contribution < 1.29 is 8.42 Å². The van der Waals surface area contributed by atoms with Gasteiger partial charge in [0.1, 0.15) is 0 Å². The third-order valence-corrected chi connectivity index (χ3v) is 7.38. The molecule has 0 amide bonds. The van der Waals surface area contributed by atoms with Gasteiger partial charge in [0.25, 0.3) is 0 Å². The maximum Gasteiger partial charge on any atom is 0.232 e. The highest BCUT2D eigenvalue weighted by atomic mass is 32.2. The Balaban J connectivity index is 1.61. The lowest BCUT2D eigenvalue weighted by Gasteiger charge is -2.21. The maximum atomic E-state index is 12.1. The van der Waals surface area contributed by atoms with Crippen molar-refractivity contribution >= 4 is 38.4 Å². The highest BCUT2D eigenvalue weighted by Crippen LogP contribution is 2.37. The number of sulfonamides is 1. The highest BCUT2D eigenvalue weighted by molar-refractivity contribution is 7.92. The van der Waals surface area contributed by atoms with Crippen LogP contribution in [0, 0.1) is 6.92 Å². The third-order valence-electron chi connectivity index (χ3n) is 4.44. The van der Waals surface area contributed by atoms with E-state index < -0.39 is 10.0 Å². The van der Waals surface area contributed by atoms with E-state index in [4.69, 9.17) is 4.98 Å². The summed E-state index contributed by atoms with van der Waals surface area (Å²) in [6.07, 6.45) is 2.74. The van der Waals surface area contributed by atoms with Gasteiger partial charge in [0.05, 0.1) is 33.3 Å². The SMILES string of the molecule is Cc1nc(Cc2nc(-c3ccc4c(c3)C[C@@H](C)N4S(C)(=O)=O)cs2)cs1. The largest absolute Gasteiger partial charge is 0.267 e. The van der Waals surface area contributed by atoms with Gasteiger partial charge in [-0.1, -0.05) is 6.07 Å². The van der Waals surface area contributed by atoms with Gasteiger partial charge in [-0.25, -0.2) is 18.4 Å². The number of anilines is 1. The summed E-state index contributed by atoms with van der Waals surface area (Å²) < 4.78 is 25.6. The lowest BCUT2D eigenvalue weighted by Crippen LogP contribution is -2.34. The first-order valence-corrected chi connectivity index (χ1v) is 11.9. The molecule has 3 heterocycles. The van der Waals surface area contributed by atoms with Crippen molar-refractivity contribution in [3.8, 4) is 11.3 Å². The predicted octanol–water partition coefficient (Wildman–Crippen LogP) is 3.88. The molecule has 26 heavy (non-hydrogen) atoms. The summed E-state index contributed by atoms with van der Waals surface area (Å²) in [7, 11) is -3.26. The zero-order valence-corrected chi connectivity index (χ0v) is 17.2. The summed E-state index contributed by atoms with van der Waals surface area (Å²) in [5.74, 6) is 0. The van der Waals surface area contributed by atoms with Crippen molar-refractivity contribution in [3.63, 3.8) is 0 Å². The molecule has 0 radical (unpaired) electrons. The summed E-state index contributed by atoms with van der Waals surface area (Å²) in [5, 5.41) is 6.24. The smallest absolute Gasteiger partial charge is 0.232 e. The quantitative estimate of drug-likeness (QED) is 0.661. The zero-order chi connectivity index (χ0) is 18.5. The fraction of sp³-hybridized carbons (Fsp3) is 0.333. The van der Waals surface area contributed by atoms with E-state index in [2.05, 4.69) is 21.8 Å². The van der Waals surface area contributed by atoms with Crippen LogP contribution in [-0.4, -0.2) is 30.7 Å². The summed E-state index contributed by atoms with van der Waals surface area (Å²) in [4.78, 5) is 9.25. The first-order chi connectivity index (χ1) is 12.3. The van der Waals surface area contributed by atoms with E-state index in [9.17, 15) is 8.42 Å². The normalized spacial score (nSPS) is 16.9. The molecule has 1 aromatic carbocycles. The predicted molar refractivity (Wildman–Crippen MR) is 108 cm³/mol. The molecule has 4 rings (SSSR count). The van der Waals surface area contributed by atoms with E-state index in [0.29, 0.717) is 0 Å². The lowest BCUT2D eigenvalue weighted by molar-refractivity contribution is 0.590. The Morgan fingerprint density at radius 3 is 2.73 bits per heavy atom. The molecule has 0 fully saturated rings. The van der Waals surface area contributed by atoms with Gasteiger partial charge in [-0.2, -0.15) is 0 Å². The second kappa shape index (κ2) is 6.44. The molecule has 8 heteroatoms. The molecular weight excluding hydrogens is 386 g/mol. The minimum absolute atomic E-state index is 0.0471. The van der Waals surface area contributed by atoms with Crippen LogP contribution < -0.4 is 4.31 Å². The van der Waals surface area contributed by atoms with Gasteiger partial charge >= 0.3 is 0 Å². The fourth-order valence-electron chi connectivity index (χ4n) is 3.44. The number of nitrogens with zero attached hydrogens (tertiary/aromatic N) is 3. The van der Waals surface area contributed by atoms with Crippen molar-refractivity contribution in [1.82, 2.24) is 9.97 Å². The van der Waals surface area contributed by atoms with Crippen LogP contribution in [0.5, 0.6) is 0 Å². The molecule has 5 nitrogen and oxygen atoms in total. The van der Waals surface area contributed by atoms with Crippen molar-refractivity contribution in [2.75, 3.05) is 10.6 Å². The fourth-order valence-corrected chi connectivity index (χ4v) is 6.13. The molecule has 0 unspecified atom stereocenters. The minimum atomic E-state index is -3.26. The summed E-state index contributed by atoms with van der Waals surface area (Å²) in [6.45, 7) is 3.95. The number of fused-ring (bicyclic) bond motifs is 1. The van der Waals surface area contributed by atoms with Crippen molar-refractivity contribution in [1.29, 1.82) is 0 Å². The second-order valence-corrected chi connectivity index (χ2v) is 10.5. The van der Waals surface area contributed by atoms with E-state index in [-0.39, 0.29) is 6.04 Å². The van der Waals surface area contributed by atoms with Crippen LogP contribution in [0.15, 0.2) is 29.0 Å². The topological polar surface area (TPSA) is 63.2 Å². The summed E-state index contributed by atoms with van der Waals surface area (Å²) in [5.41, 5.74) is 4.87. The average Bonchev–Trinajstić information content (AvgIpc) is 3.24. The standard InChI is InChI=1S/C18H19N3O2S3/c1-11-6-14-7-13(4-5-17(14)21(11)26(3,22)23)16-10-25-18(20-16)8-15-9-24-12(2)19-15/h4-5,7,9-11H,6,8H2,1-3H3/t11-/m1/s1. The molecule has 0 N–H and O–H groups in total. The van der Waals surface area contributed by atoms with E-state index in [1.54, 1.807) is 22.7 Å². The Labute approximate surface area is 161 Å². The van der Waals surface area contributed by atoms with Gasteiger partial charge < -0.3 is 0 Å². The Morgan fingerprint density at radius 1 is 1.23 bits per heavy atom. The molecule has 0 bridgehead atoms. The van der Waals surface area contributed by atoms with Crippen molar-refractivity contribution in [3.05, 3.63) is 50.2 Å². The Hall–Kier alpha value is -1.77. The number of thiazole rings is 2. The number of hydrogen-bond acceptors (Lipinski definition) is 6. The Morgan fingerprint density at radius 2 is 2.04 bits per heavy atom. The van der Waals surface area contributed by atoms with Gasteiger partial charge in [0.2, 0.25) is 10.0 Å². The maximum absolute atomic E-state index is 12.1. The van der Waals surface area contributed by atoms with Crippen LogP contribution in [-0.2, 0) is 22.9 Å². The number of aryl methyl sites for hydroxylation is 1. The van der Waals surface area contributed by atoms with Crippen LogP contribution in [0.2, 0.25) is 0 Å². The van der Waals surface area contributed by atoms with E-state index in [0.717, 1.165) is 51.1 Å². The van der Waals surface area contributed by atoms with Crippen LogP contribution >= 0.6 is 22.7 Å². The molecule has 1 aliphatic rings. The molecule has 0 aliphatic carbocycles. The van der Waals surface area contributed by atoms with Crippen LogP contribution in [0.3, 0.4) is 0 Å². The van der Waals surface area contributed by atoms with E-state index in [1.807, 2.05) is 26.0 Å². The van der Waals surface area contributed by atoms with Gasteiger partial charge in [-0.3, -0.25) is 4.31 Å². The number of aromatic nitrogens is 2. The first kappa shape index (κ1) is 17.6. The Kier molecular flexibility index (Phi) is 4.37. The van der Waals surface area contributed by atoms with Crippen LogP contribution in [0.1, 0.15) is 28.2 Å². The molecule has 1 aliphatic heterocycles. The number of benzene rings is 1. The number of rotatable bonds is 4. The van der Waals surface area contributed by atoms with Crippen molar-refractivity contribution in [2.24, 2.45) is 0 Å². The lowest BCUT2D eigenvalue weighted by atomic mass is 10.1. The third kappa shape index (κ3) is 3.28. The summed E-state index contributed by atoms with van der Waals surface area (Å²) in [6, 6.07) is 5.89. The van der Waals surface area contributed by atoms with E-state index >= 15 is 0 Å². The molecule has 2 aromatic heterocycles. The molecule has 136 valence electrons. The molecule has 0 spiro atoms. The van der Waals surface area contributed by atoms with Crippen molar-refractivity contribution in [2.45, 2.75) is 32.7 Å². The van der Waals surface area contributed by atoms with E-state index in [1.165, 1.54) is 10.6 Å². The molecule has 0 saturated carbocycles. The summed E-state index contributed by atoms with van der Waals surface area (Å²) >= 11 is 3.29. The highest BCUT2D eigenvalue weighted by Gasteiger charge is 2.32. The van der Waals surface area contributed by atoms with Gasteiger partial charge in [-0.15, -0.1) is 22.7 Å². The molecule has 1 atom stereocenters. The zero-order valence-electron chi connectivity index (χ0n) is 14.8. The number of hydrogen-bond donors (Lipinski definition) is 0. The Bertz CT molecular complexity index is 1070. The van der Waals surface area contributed by atoms with Crippen LogP contribution in [0.4, 0.5) is 5.69 Å². The minimum Gasteiger partial charge on any atom is -0.267 e. The van der Waals surface area contributed by atoms with Gasteiger partial charge in [0, 0.05) is 28.8 Å².